The van der Waals surface area contributed by atoms with E-state index in [4.69, 9.17) is 9.52 Å². The Labute approximate surface area is 86.5 Å². The molecule has 1 aromatic rings. The van der Waals surface area contributed by atoms with Crippen LogP contribution in [0.2, 0.25) is 0 Å². The summed E-state index contributed by atoms with van der Waals surface area (Å²) >= 11 is 0. The first-order chi connectivity index (χ1) is 7.02. The molecule has 0 fully saturated rings. The van der Waals surface area contributed by atoms with Crippen molar-refractivity contribution < 1.29 is 19.1 Å². The van der Waals surface area contributed by atoms with Crippen molar-refractivity contribution in [3.63, 3.8) is 0 Å². The third-order valence-electron chi connectivity index (χ3n) is 1.96. The van der Waals surface area contributed by atoms with Gasteiger partial charge in [-0.25, -0.2) is 4.98 Å². The fraction of sp³-hybridized carbons (Fsp3) is 0.444. The van der Waals surface area contributed by atoms with Crippen molar-refractivity contribution in [3.05, 3.63) is 18.4 Å². The van der Waals surface area contributed by atoms with Crippen LogP contribution in [-0.2, 0) is 4.79 Å². The molecule has 0 saturated heterocycles. The van der Waals surface area contributed by atoms with E-state index in [0.717, 1.165) is 6.39 Å². The molecule has 1 aromatic heterocycles. The predicted molar refractivity (Wildman–Crippen MR) is 50.3 cm³/mol. The van der Waals surface area contributed by atoms with Crippen molar-refractivity contribution in [1.29, 1.82) is 0 Å². The lowest BCUT2D eigenvalue weighted by molar-refractivity contribution is -0.141. The summed E-state index contributed by atoms with van der Waals surface area (Å²) in [6.45, 7) is 1.67. The Bertz CT molecular complexity index is 347. The molecule has 0 aliphatic rings. The lowest BCUT2D eigenvalue weighted by Gasteiger charge is -2.17. The van der Waals surface area contributed by atoms with Gasteiger partial charge in [-0.15, -0.1) is 0 Å². The number of carboxylic acids is 1. The summed E-state index contributed by atoms with van der Waals surface area (Å²) in [6, 6.07) is 0. The highest BCUT2D eigenvalue weighted by molar-refractivity contribution is 5.91. The van der Waals surface area contributed by atoms with Gasteiger partial charge in [-0.05, 0) is 0 Å². The molecule has 0 radical (unpaired) electrons. The first-order valence-electron chi connectivity index (χ1n) is 4.39. The average molecular weight is 212 g/mol. The maximum absolute atomic E-state index is 11.6. The summed E-state index contributed by atoms with van der Waals surface area (Å²) in [6.07, 6.45) is 2.45. The van der Waals surface area contributed by atoms with Crippen LogP contribution < -0.4 is 0 Å². The number of aliphatic carboxylic acids is 1. The Morgan fingerprint density at radius 1 is 1.67 bits per heavy atom. The third kappa shape index (κ3) is 2.80. The molecule has 0 bridgehead atoms. The standard InChI is InChI=1S/C9H12N2O4/c1-6(9(13)14)4-11(2)8(12)7-3-10-5-15-7/h3,5-6H,4H2,1-2H3,(H,13,14). The van der Waals surface area contributed by atoms with Crippen LogP contribution >= 0.6 is 0 Å². The topological polar surface area (TPSA) is 83.6 Å². The molecule has 1 amide bonds. The Hall–Kier alpha value is -1.85. The van der Waals surface area contributed by atoms with Crippen LogP contribution in [0.4, 0.5) is 0 Å². The van der Waals surface area contributed by atoms with Crippen molar-refractivity contribution in [2.45, 2.75) is 6.92 Å². The molecular weight excluding hydrogens is 200 g/mol. The highest BCUT2D eigenvalue weighted by Gasteiger charge is 2.20. The minimum absolute atomic E-state index is 0.107. The molecule has 1 N–H and O–H groups in total. The van der Waals surface area contributed by atoms with Crippen LogP contribution in [0.1, 0.15) is 17.5 Å². The number of carboxylic acid groups (broad SMARTS) is 1. The molecule has 0 saturated carbocycles. The van der Waals surface area contributed by atoms with E-state index in [1.165, 1.54) is 25.1 Å². The summed E-state index contributed by atoms with van der Waals surface area (Å²) in [5, 5.41) is 8.67. The number of oxazole rings is 1. The fourth-order valence-electron chi connectivity index (χ4n) is 1.08. The number of carbonyl (C=O) groups is 2. The van der Waals surface area contributed by atoms with E-state index in [0.29, 0.717) is 0 Å². The normalized spacial score (nSPS) is 12.1. The van der Waals surface area contributed by atoms with Crippen LogP contribution in [0.25, 0.3) is 0 Å². The van der Waals surface area contributed by atoms with E-state index < -0.39 is 11.9 Å². The lowest BCUT2D eigenvalue weighted by atomic mass is 10.2. The summed E-state index contributed by atoms with van der Waals surface area (Å²) in [7, 11) is 1.52. The van der Waals surface area contributed by atoms with Crippen LogP contribution in [0.15, 0.2) is 17.0 Å². The first-order valence-corrected chi connectivity index (χ1v) is 4.39. The molecule has 82 valence electrons. The summed E-state index contributed by atoms with van der Waals surface area (Å²) in [4.78, 5) is 27.0. The van der Waals surface area contributed by atoms with Crippen LogP contribution in [0, 0.1) is 5.92 Å². The van der Waals surface area contributed by atoms with Gasteiger partial charge in [0, 0.05) is 13.6 Å². The quantitative estimate of drug-likeness (QED) is 0.784. The van der Waals surface area contributed by atoms with Gasteiger partial charge >= 0.3 is 5.97 Å². The molecule has 0 aliphatic carbocycles. The number of hydrogen-bond donors (Lipinski definition) is 1. The SMILES string of the molecule is CC(CN(C)C(=O)c1cnco1)C(=O)O. The number of nitrogens with zero attached hydrogens (tertiary/aromatic N) is 2. The monoisotopic (exact) mass is 212 g/mol. The lowest BCUT2D eigenvalue weighted by Crippen LogP contribution is -2.33. The zero-order valence-corrected chi connectivity index (χ0v) is 8.51. The second-order valence-electron chi connectivity index (χ2n) is 3.29. The highest BCUT2D eigenvalue weighted by atomic mass is 16.4. The summed E-state index contributed by atoms with van der Waals surface area (Å²) < 4.78 is 4.81. The smallest absolute Gasteiger partial charge is 0.308 e. The van der Waals surface area contributed by atoms with Gasteiger partial charge in [0.1, 0.15) is 0 Å². The van der Waals surface area contributed by atoms with Gasteiger partial charge in [-0.1, -0.05) is 6.92 Å². The van der Waals surface area contributed by atoms with Gasteiger partial charge < -0.3 is 14.4 Å². The van der Waals surface area contributed by atoms with Crippen molar-refractivity contribution >= 4 is 11.9 Å². The molecular formula is C9H12N2O4. The number of hydrogen-bond acceptors (Lipinski definition) is 4. The molecule has 0 aliphatic heterocycles. The van der Waals surface area contributed by atoms with Gasteiger partial charge in [-0.3, -0.25) is 9.59 Å². The van der Waals surface area contributed by atoms with Gasteiger partial charge in [0.15, 0.2) is 6.39 Å². The van der Waals surface area contributed by atoms with Crippen LogP contribution in [0.3, 0.4) is 0 Å². The first kappa shape index (κ1) is 11.2. The zero-order valence-electron chi connectivity index (χ0n) is 8.51. The molecule has 6 heteroatoms. The molecule has 1 unspecified atom stereocenters. The molecule has 6 nitrogen and oxygen atoms in total. The maximum atomic E-state index is 11.6. The van der Waals surface area contributed by atoms with Crippen LogP contribution in [-0.4, -0.2) is 40.5 Å². The summed E-state index contributed by atoms with van der Waals surface area (Å²) in [5.41, 5.74) is 0. The van der Waals surface area contributed by atoms with E-state index in [1.807, 2.05) is 0 Å². The van der Waals surface area contributed by atoms with Crippen molar-refractivity contribution in [1.82, 2.24) is 9.88 Å². The second kappa shape index (κ2) is 4.59. The predicted octanol–water partition coefficient (Wildman–Crippen LogP) is 0.467. The fourth-order valence-corrected chi connectivity index (χ4v) is 1.08. The zero-order chi connectivity index (χ0) is 11.4. The van der Waals surface area contributed by atoms with Gasteiger partial charge in [0.2, 0.25) is 5.76 Å². The molecule has 15 heavy (non-hydrogen) atoms. The highest BCUT2D eigenvalue weighted by Crippen LogP contribution is 2.05. The van der Waals surface area contributed by atoms with Gasteiger partial charge in [0.25, 0.3) is 5.91 Å². The van der Waals surface area contributed by atoms with Crippen LogP contribution in [0.5, 0.6) is 0 Å². The van der Waals surface area contributed by atoms with E-state index in [2.05, 4.69) is 4.98 Å². The molecule has 1 atom stereocenters. The summed E-state index contributed by atoms with van der Waals surface area (Å²) in [5.74, 6) is -1.82. The van der Waals surface area contributed by atoms with E-state index >= 15 is 0 Å². The molecule has 1 rings (SSSR count). The molecule has 0 spiro atoms. The third-order valence-corrected chi connectivity index (χ3v) is 1.96. The second-order valence-corrected chi connectivity index (χ2v) is 3.29. The van der Waals surface area contributed by atoms with Gasteiger partial charge in [0.05, 0.1) is 12.1 Å². The Morgan fingerprint density at radius 2 is 2.33 bits per heavy atom. The number of carbonyl (C=O) groups excluding carboxylic acids is 1. The Kier molecular flexibility index (Phi) is 3.43. The van der Waals surface area contributed by atoms with Crippen molar-refractivity contribution in [2.24, 2.45) is 5.92 Å². The Morgan fingerprint density at radius 3 is 2.80 bits per heavy atom. The van der Waals surface area contributed by atoms with E-state index in [1.54, 1.807) is 0 Å². The minimum Gasteiger partial charge on any atom is -0.481 e. The molecule has 1 heterocycles. The maximum Gasteiger partial charge on any atom is 0.308 e. The molecule has 0 aromatic carbocycles. The number of amides is 1. The van der Waals surface area contributed by atoms with E-state index in [9.17, 15) is 9.59 Å². The minimum atomic E-state index is -0.938. The Balaban J connectivity index is 2.58. The van der Waals surface area contributed by atoms with Crippen molar-refractivity contribution in [3.8, 4) is 0 Å². The van der Waals surface area contributed by atoms with Gasteiger partial charge in [-0.2, -0.15) is 0 Å². The van der Waals surface area contributed by atoms with Crippen molar-refractivity contribution in [2.75, 3.05) is 13.6 Å². The average Bonchev–Trinajstić information content (AvgIpc) is 2.68. The largest absolute Gasteiger partial charge is 0.481 e. The number of rotatable bonds is 4. The number of aromatic nitrogens is 1. The van der Waals surface area contributed by atoms with E-state index in [-0.39, 0.29) is 18.2 Å².